The Balaban J connectivity index is 2.81. The van der Waals surface area contributed by atoms with Crippen LogP contribution in [0.3, 0.4) is 0 Å². The molecule has 4 N–H and O–H groups in total. The summed E-state index contributed by atoms with van der Waals surface area (Å²) in [5.41, 5.74) is 11.0. The second-order valence-corrected chi connectivity index (χ2v) is 5.00. The third-order valence-electron chi connectivity index (χ3n) is 2.35. The zero-order valence-corrected chi connectivity index (χ0v) is 10.7. The van der Waals surface area contributed by atoms with Crippen molar-refractivity contribution >= 4 is 23.2 Å². The summed E-state index contributed by atoms with van der Waals surface area (Å²) in [6.07, 6.45) is 0. The van der Waals surface area contributed by atoms with E-state index in [-0.39, 0.29) is 18.5 Å². The van der Waals surface area contributed by atoms with Crippen LogP contribution in [0.5, 0.6) is 0 Å². The predicted molar refractivity (Wildman–Crippen MR) is 67.3 cm³/mol. The van der Waals surface area contributed by atoms with Crippen molar-refractivity contribution in [3.8, 4) is 0 Å². The Kier molecular flexibility index (Phi) is 4.65. The Morgan fingerprint density at radius 1 is 1.47 bits per heavy atom. The monoisotopic (exact) mass is 255 g/mol. The Bertz CT molecular complexity index is 389. The molecule has 0 spiro atoms. The van der Waals surface area contributed by atoms with Gasteiger partial charge in [-0.3, -0.25) is 9.59 Å². The summed E-state index contributed by atoms with van der Waals surface area (Å²) in [4.78, 5) is 25.2. The maximum Gasteiger partial charge on any atom is 0.245 e. The van der Waals surface area contributed by atoms with Crippen molar-refractivity contribution in [2.24, 2.45) is 11.5 Å². The van der Waals surface area contributed by atoms with E-state index in [1.54, 1.807) is 6.07 Å². The lowest BCUT2D eigenvalue weighted by molar-refractivity contribution is -0.138. The number of hydrogen-bond donors (Lipinski definition) is 2. The van der Waals surface area contributed by atoms with Gasteiger partial charge in [-0.05, 0) is 25.3 Å². The van der Waals surface area contributed by atoms with Gasteiger partial charge in [-0.1, -0.05) is 6.07 Å². The van der Waals surface area contributed by atoms with E-state index in [9.17, 15) is 9.59 Å². The molecule has 17 heavy (non-hydrogen) atoms. The van der Waals surface area contributed by atoms with Gasteiger partial charge < -0.3 is 16.4 Å². The smallest absolute Gasteiger partial charge is 0.245 e. The van der Waals surface area contributed by atoms with Gasteiger partial charge in [0.2, 0.25) is 11.8 Å². The molecule has 0 saturated carbocycles. The zero-order valence-electron chi connectivity index (χ0n) is 9.92. The second kappa shape index (κ2) is 5.79. The molecule has 94 valence electrons. The van der Waals surface area contributed by atoms with E-state index in [0.717, 1.165) is 4.88 Å². The number of carbonyl (C=O) groups is 2. The van der Waals surface area contributed by atoms with Crippen LogP contribution in [0.1, 0.15) is 24.8 Å². The van der Waals surface area contributed by atoms with Crippen LogP contribution in [0, 0.1) is 0 Å². The molecule has 1 aromatic rings. The van der Waals surface area contributed by atoms with Crippen molar-refractivity contribution in [2.45, 2.75) is 25.9 Å². The molecule has 0 aliphatic heterocycles. The van der Waals surface area contributed by atoms with Crippen LogP contribution in [0.25, 0.3) is 0 Å². The first-order valence-corrected chi connectivity index (χ1v) is 6.19. The molecule has 1 rings (SSSR count). The largest absolute Gasteiger partial charge is 0.368 e. The van der Waals surface area contributed by atoms with Crippen LogP contribution >= 0.6 is 11.3 Å². The van der Waals surface area contributed by atoms with Gasteiger partial charge in [-0.2, -0.15) is 0 Å². The van der Waals surface area contributed by atoms with Gasteiger partial charge >= 0.3 is 0 Å². The quantitative estimate of drug-likeness (QED) is 0.801. The van der Waals surface area contributed by atoms with Gasteiger partial charge in [0.25, 0.3) is 0 Å². The fraction of sp³-hybridized carbons (Fsp3) is 0.455. The summed E-state index contributed by atoms with van der Waals surface area (Å²) in [5, 5.41) is 1.86. The average Bonchev–Trinajstić information content (AvgIpc) is 2.76. The van der Waals surface area contributed by atoms with Crippen molar-refractivity contribution < 1.29 is 9.59 Å². The molecule has 2 amide bonds. The molecule has 6 heteroatoms. The van der Waals surface area contributed by atoms with Crippen molar-refractivity contribution in [3.05, 3.63) is 22.4 Å². The molecular formula is C11H17N3O2S. The minimum absolute atomic E-state index is 0.102. The van der Waals surface area contributed by atoms with E-state index in [1.807, 2.05) is 25.3 Å². The molecule has 5 nitrogen and oxygen atoms in total. The Morgan fingerprint density at radius 3 is 2.53 bits per heavy atom. The van der Waals surface area contributed by atoms with E-state index >= 15 is 0 Å². The van der Waals surface area contributed by atoms with Crippen molar-refractivity contribution in [1.29, 1.82) is 0 Å². The SMILES string of the molecule is CC(C)N(CC(N)=O)C(=O)C(N)c1cccs1. The highest BCUT2D eigenvalue weighted by atomic mass is 32.1. The molecule has 0 bridgehead atoms. The Hall–Kier alpha value is -1.40. The summed E-state index contributed by atoms with van der Waals surface area (Å²) < 4.78 is 0. The van der Waals surface area contributed by atoms with Crippen LogP contribution in [0.2, 0.25) is 0 Å². The zero-order chi connectivity index (χ0) is 13.0. The molecule has 1 aromatic heterocycles. The molecule has 0 fully saturated rings. The highest BCUT2D eigenvalue weighted by Gasteiger charge is 2.26. The molecule has 0 radical (unpaired) electrons. The number of nitrogens with two attached hydrogens (primary N) is 2. The normalized spacial score (nSPS) is 12.5. The molecule has 1 atom stereocenters. The maximum atomic E-state index is 12.1. The molecule has 0 aliphatic rings. The van der Waals surface area contributed by atoms with E-state index in [4.69, 9.17) is 11.5 Å². The van der Waals surface area contributed by atoms with Crippen LogP contribution in [0.15, 0.2) is 17.5 Å². The van der Waals surface area contributed by atoms with Crippen molar-refractivity contribution in [2.75, 3.05) is 6.54 Å². The molecule has 0 saturated heterocycles. The number of amides is 2. The fourth-order valence-electron chi connectivity index (χ4n) is 1.45. The lowest BCUT2D eigenvalue weighted by Gasteiger charge is -2.27. The molecular weight excluding hydrogens is 238 g/mol. The average molecular weight is 255 g/mol. The van der Waals surface area contributed by atoms with Gasteiger partial charge in [0, 0.05) is 10.9 Å². The van der Waals surface area contributed by atoms with Crippen LogP contribution in [-0.2, 0) is 9.59 Å². The van der Waals surface area contributed by atoms with E-state index in [0.29, 0.717) is 0 Å². The fourth-order valence-corrected chi connectivity index (χ4v) is 2.17. The van der Waals surface area contributed by atoms with Crippen molar-refractivity contribution in [1.82, 2.24) is 4.90 Å². The van der Waals surface area contributed by atoms with Crippen LogP contribution in [0.4, 0.5) is 0 Å². The second-order valence-electron chi connectivity index (χ2n) is 4.02. The number of hydrogen-bond acceptors (Lipinski definition) is 4. The lowest BCUT2D eigenvalue weighted by Crippen LogP contribution is -2.46. The topological polar surface area (TPSA) is 89.4 Å². The first kappa shape index (κ1) is 13.7. The van der Waals surface area contributed by atoms with Gasteiger partial charge in [0.1, 0.15) is 6.04 Å². The predicted octanol–water partition coefficient (Wildman–Crippen LogP) is 0.470. The Labute approximate surface area is 104 Å². The third-order valence-corrected chi connectivity index (χ3v) is 3.30. The molecule has 1 heterocycles. The highest BCUT2D eigenvalue weighted by molar-refractivity contribution is 7.10. The Morgan fingerprint density at radius 2 is 2.12 bits per heavy atom. The van der Waals surface area contributed by atoms with Gasteiger partial charge in [-0.25, -0.2) is 0 Å². The number of thiophene rings is 1. The lowest BCUT2D eigenvalue weighted by atomic mass is 10.2. The summed E-state index contributed by atoms with van der Waals surface area (Å²) in [7, 11) is 0. The summed E-state index contributed by atoms with van der Waals surface area (Å²) in [6.45, 7) is 3.54. The molecule has 0 aliphatic carbocycles. The number of rotatable bonds is 5. The number of carbonyl (C=O) groups excluding carboxylic acids is 2. The standard InChI is InChI=1S/C11H17N3O2S/c1-7(2)14(6-9(12)15)11(16)10(13)8-4-3-5-17-8/h3-5,7,10H,6,13H2,1-2H3,(H2,12,15). The minimum Gasteiger partial charge on any atom is -0.368 e. The van der Waals surface area contributed by atoms with Crippen molar-refractivity contribution in [3.63, 3.8) is 0 Å². The molecule has 0 aromatic carbocycles. The summed E-state index contributed by atoms with van der Waals surface area (Å²) in [5.74, 6) is -0.813. The van der Waals surface area contributed by atoms with Gasteiger partial charge in [0.05, 0.1) is 6.54 Å². The number of primary amides is 1. The molecule has 1 unspecified atom stereocenters. The first-order chi connectivity index (χ1) is 7.93. The summed E-state index contributed by atoms with van der Waals surface area (Å²) in [6, 6.07) is 2.80. The van der Waals surface area contributed by atoms with Gasteiger partial charge in [0.15, 0.2) is 0 Å². The first-order valence-electron chi connectivity index (χ1n) is 5.31. The minimum atomic E-state index is -0.725. The third kappa shape index (κ3) is 3.54. The van der Waals surface area contributed by atoms with Crippen LogP contribution < -0.4 is 11.5 Å². The summed E-state index contributed by atoms with van der Waals surface area (Å²) >= 11 is 1.42. The number of nitrogens with zero attached hydrogens (tertiary/aromatic N) is 1. The van der Waals surface area contributed by atoms with E-state index in [1.165, 1.54) is 16.2 Å². The maximum absolute atomic E-state index is 12.1. The van der Waals surface area contributed by atoms with Gasteiger partial charge in [-0.15, -0.1) is 11.3 Å². The van der Waals surface area contributed by atoms with E-state index in [2.05, 4.69) is 0 Å². The highest BCUT2D eigenvalue weighted by Crippen LogP contribution is 2.19. The van der Waals surface area contributed by atoms with E-state index < -0.39 is 11.9 Å². The van der Waals surface area contributed by atoms with Crippen LogP contribution in [-0.4, -0.2) is 29.3 Å².